The minimum Gasteiger partial charge on any atom is -0.317 e. The van der Waals surface area contributed by atoms with E-state index in [0.29, 0.717) is 11.2 Å². The Labute approximate surface area is 194 Å². The third kappa shape index (κ3) is 4.54. The van der Waals surface area contributed by atoms with Crippen molar-refractivity contribution in [1.29, 1.82) is 0 Å². The van der Waals surface area contributed by atoms with Crippen LogP contribution in [0.5, 0.6) is 0 Å². The van der Waals surface area contributed by atoms with Crippen LogP contribution in [0.3, 0.4) is 0 Å². The van der Waals surface area contributed by atoms with Crippen LogP contribution in [0.1, 0.15) is 30.0 Å². The number of hydrogen-bond acceptors (Lipinski definition) is 3. The van der Waals surface area contributed by atoms with E-state index in [-0.39, 0.29) is 23.9 Å². The van der Waals surface area contributed by atoms with Gasteiger partial charge in [-0.25, -0.2) is 4.52 Å². The second-order valence-electron chi connectivity index (χ2n) is 8.06. The number of rotatable bonds is 3. The summed E-state index contributed by atoms with van der Waals surface area (Å²) in [6, 6.07) is 14.2. The van der Waals surface area contributed by atoms with E-state index < -0.39 is 11.7 Å². The second-order valence-corrected chi connectivity index (χ2v) is 8.06. The van der Waals surface area contributed by atoms with Crippen LogP contribution in [0, 0.1) is 0 Å². The van der Waals surface area contributed by atoms with Crippen molar-refractivity contribution in [1.82, 2.24) is 19.9 Å². The maximum Gasteiger partial charge on any atom is 0.416 e. The van der Waals surface area contributed by atoms with Crippen LogP contribution in [0.15, 0.2) is 65.6 Å². The molecule has 5 nitrogen and oxygen atoms in total. The molecule has 0 bridgehead atoms. The Morgan fingerprint density at radius 2 is 1.64 bits per heavy atom. The van der Waals surface area contributed by atoms with Crippen LogP contribution < -0.4 is 10.9 Å². The van der Waals surface area contributed by atoms with Crippen molar-refractivity contribution in [3.05, 3.63) is 82.4 Å². The number of aromatic nitrogens is 3. The quantitative estimate of drug-likeness (QED) is 0.425. The standard InChI is InChI=1S/C24H21F3N4O.ClH/c25-24(26,27)19-6-4-15(5-7-19)17-2-1-3-18(12-17)20-14-29-31-21(13-22(32)30-23(20)31)16-8-10-28-11-9-16;/h1-7,12-14,16,28H,8-11H2,(H,30,32);1H. The first kappa shape index (κ1) is 23.1. The molecule has 1 aliphatic rings. The number of H-pyrrole nitrogens is 1. The van der Waals surface area contributed by atoms with E-state index in [4.69, 9.17) is 0 Å². The van der Waals surface area contributed by atoms with Crippen LogP contribution in [-0.4, -0.2) is 27.7 Å². The summed E-state index contributed by atoms with van der Waals surface area (Å²) < 4.78 is 40.4. The summed E-state index contributed by atoms with van der Waals surface area (Å²) in [7, 11) is 0. The van der Waals surface area contributed by atoms with Gasteiger partial charge in [-0.3, -0.25) is 4.79 Å². The largest absolute Gasteiger partial charge is 0.416 e. The lowest BCUT2D eigenvalue weighted by Gasteiger charge is -2.23. The molecular weight excluding hydrogens is 453 g/mol. The van der Waals surface area contributed by atoms with Crippen molar-refractivity contribution in [2.45, 2.75) is 24.9 Å². The summed E-state index contributed by atoms with van der Waals surface area (Å²) in [4.78, 5) is 15.3. The zero-order valence-electron chi connectivity index (χ0n) is 17.5. The summed E-state index contributed by atoms with van der Waals surface area (Å²) in [6.07, 6.45) is -0.758. The van der Waals surface area contributed by atoms with Gasteiger partial charge in [0.2, 0.25) is 0 Å². The highest BCUT2D eigenvalue weighted by molar-refractivity contribution is 5.85. The number of aromatic amines is 1. The summed E-state index contributed by atoms with van der Waals surface area (Å²) in [5.41, 5.74) is 3.73. The van der Waals surface area contributed by atoms with Crippen LogP contribution in [0.4, 0.5) is 13.2 Å². The minimum absolute atomic E-state index is 0. The van der Waals surface area contributed by atoms with Crippen molar-refractivity contribution < 1.29 is 13.2 Å². The fourth-order valence-corrected chi connectivity index (χ4v) is 4.35. The topological polar surface area (TPSA) is 62.2 Å². The predicted octanol–water partition coefficient (Wildman–Crippen LogP) is 5.26. The van der Waals surface area contributed by atoms with E-state index in [9.17, 15) is 18.0 Å². The van der Waals surface area contributed by atoms with Crippen molar-refractivity contribution in [3.8, 4) is 22.3 Å². The highest BCUT2D eigenvalue weighted by Crippen LogP contribution is 2.33. The molecule has 1 aliphatic heterocycles. The molecule has 2 N–H and O–H groups in total. The van der Waals surface area contributed by atoms with Gasteiger partial charge >= 0.3 is 6.18 Å². The van der Waals surface area contributed by atoms with Gasteiger partial charge in [0.25, 0.3) is 5.56 Å². The molecule has 9 heteroatoms. The number of benzene rings is 2. The molecule has 0 radical (unpaired) electrons. The number of halogens is 4. The van der Waals surface area contributed by atoms with Crippen molar-refractivity contribution in [2.75, 3.05) is 13.1 Å². The molecule has 4 aromatic rings. The van der Waals surface area contributed by atoms with Crippen LogP contribution in [0.2, 0.25) is 0 Å². The van der Waals surface area contributed by atoms with Gasteiger partial charge in [-0.05, 0) is 60.8 Å². The molecule has 0 aliphatic carbocycles. The molecule has 0 saturated carbocycles. The molecule has 5 rings (SSSR count). The lowest BCUT2D eigenvalue weighted by molar-refractivity contribution is -0.137. The molecule has 0 unspecified atom stereocenters. The van der Waals surface area contributed by atoms with Crippen LogP contribution in [-0.2, 0) is 6.18 Å². The first-order valence-electron chi connectivity index (χ1n) is 10.5. The summed E-state index contributed by atoms with van der Waals surface area (Å²) in [5.74, 6) is 0.257. The third-order valence-corrected chi connectivity index (χ3v) is 6.01. The lowest BCUT2D eigenvalue weighted by Crippen LogP contribution is -2.28. The monoisotopic (exact) mass is 474 g/mol. The fraction of sp³-hybridized carbons (Fsp3) is 0.250. The Bertz CT molecular complexity index is 1320. The van der Waals surface area contributed by atoms with E-state index in [1.165, 1.54) is 12.1 Å². The lowest BCUT2D eigenvalue weighted by atomic mass is 9.94. The van der Waals surface area contributed by atoms with E-state index in [2.05, 4.69) is 15.4 Å². The van der Waals surface area contributed by atoms with Crippen LogP contribution in [0.25, 0.3) is 27.9 Å². The van der Waals surface area contributed by atoms with Gasteiger partial charge in [-0.2, -0.15) is 18.3 Å². The number of hydrogen-bond donors (Lipinski definition) is 2. The van der Waals surface area contributed by atoms with Crippen LogP contribution >= 0.6 is 12.4 Å². The zero-order chi connectivity index (χ0) is 22.3. The Morgan fingerprint density at radius 3 is 2.33 bits per heavy atom. The van der Waals surface area contributed by atoms with E-state index in [1.807, 2.05) is 24.3 Å². The fourth-order valence-electron chi connectivity index (χ4n) is 4.35. The van der Waals surface area contributed by atoms with Gasteiger partial charge in [0.15, 0.2) is 0 Å². The highest BCUT2D eigenvalue weighted by atomic mass is 35.5. The summed E-state index contributed by atoms with van der Waals surface area (Å²) in [5, 5.41) is 7.89. The Balaban J connectivity index is 0.00000259. The Morgan fingerprint density at radius 1 is 0.939 bits per heavy atom. The smallest absolute Gasteiger partial charge is 0.317 e. The molecule has 1 saturated heterocycles. The molecule has 0 spiro atoms. The van der Waals surface area contributed by atoms with Gasteiger partial charge in [-0.1, -0.05) is 30.3 Å². The first-order chi connectivity index (χ1) is 15.4. The predicted molar refractivity (Wildman–Crippen MR) is 124 cm³/mol. The maximum absolute atomic E-state index is 12.9. The molecule has 2 aromatic carbocycles. The van der Waals surface area contributed by atoms with Gasteiger partial charge in [0.1, 0.15) is 5.65 Å². The minimum atomic E-state index is -4.37. The van der Waals surface area contributed by atoms with Gasteiger partial charge in [0, 0.05) is 17.5 Å². The number of piperidine rings is 1. The highest BCUT2D eigenvalue weighted by Gasteiger charge is 2.30. The molecule has 33 heavy (non-hydrogen) atoms. The molecule has 2 aromatic heterocycles. The molecule has 0 atom stereocenters. The maximum atomic E-state index is 12.9. The molecule has 172 valence electrons. The number of fused-ring (bicyclic) bond motifs is 1. The summed E-state index contributed by atoms with van der Waals surface area (Å²) >= 11 is 0. The van der Waals surface area contributed by atoms with Gasteiger partial charge in [0.05, 0.1) is 17.5 Å². The number of nitrogens with one attached hydrogen (secondary N) is 2. The molecular formula is C24H22ClF3N4O. The molecule has 3 heterocycles. The first-order valence-corrected chi connectivity index (χ1v) is 10.5. The molecule has 0 amide bonds. The molecule has 1 fully saturated rings. The number of nitrogens with zero attached hydrogens (tertiary/aromatic N) is 2. The average Bonchev–Trinajstić information content (AvgIpc) is 3.22. The van der Waals surface area contributed by atoms with E-state index in [1.54, 1.807) is 16.8 Å². The van der Waals surface area contributed by atoms with Gasteiger partial charge in [-0.15, -0.1) is 12.4 Å². The van der Waals surface area contributed by atoms with Crippen molar-refractivity contribution >= 4 is 18.1 Å². The third-order valence-electron chi connectivity index (χ3n) is 6.01. The second kappa shape index (κ2) is 9.03. The van der Waals surface area contributed by atoms with Crippen molar-refractivity contribution in [3.63, 3.8) is 0 Å². The number of alkyl halides is 3. The van der Waals surface area contributed by atoms with Gasteiger partial charge < -0.3 is 10.3 Å². The zero-order valence-corrected chi connectivity index (χ0v) is 18.3. The van der Waals surface area contributed by atoms with E-state index in [0.717, 1.165) is 60.4 Å². The SMILES string of the molecule is Cl.O=c1cc(C2CCNCC2)n2ncc(-c3cccc(-c4ccc(C(F)(F)F)cc4)c3)c2[nH]1. The van der Waals surface area contributed by atoms with E-state index >= 15 is 0 Å². The Kier molecular flexibility index (Phi) is 6.32. The summed E-state index contributed by atoms with van der Waals surface area (Å²) in [6.45, 7) is 1.81. The normalized spacial score (nSPS) is 14.9. The average molecular weight is 475 g/mol. The Hall–Kier alpha value is -3.10. The van der Waals surface area contributed by atoms with Crippen molar-refractivity contribution in [2.24, 2.45) is 0 Å².